The van der Waals surface area contributed by atoms with Crippen molar-refractivity contribution in [2.45, 2.75) is 37.5 Å². The molecule has 5 heteroatoms. The summed E-state index contributed by atoms with van der Waals surface area (Å²) in [5, 5.41) is 3.51. The maximum atomic E-state index is 11.6. The fraction of sp³-hybridized carbons (Fsp3) is 0.909. The van der Waals surface area contributed by atoms with Crippen molar-refractivity contribution in [3.8, 4) is 0 Å². The molecular formula is C11H22N2O2S. The largest absolute Gasteiger partial charge is 0.381 e. The van der Waals surface area contributed by atoms with Crippen LogP contribution in [0.3, 0.4) is 0 Å². The summed E-state index contributed by atoms with van der Waals surface area (Å²) in [4.78, 5) is 11.6. The highest BCUT2D eigenvalue weighted by Crippen LogP contribution is 2.13. The summed E-state index contributed by atoms with van der Waals surface area (Å²) in [6.07, 6.45) is 2.85. The summed E-state index contributed by atoms with van der Waals surface area (Å²) in [5.74, 6) is 0.680. The van der Waals surface area contributed by atoms with Gasteiger partial charge in [0.05, 0.1) is 5.75 Å². The van der Waals surface area contributed by atoms with Gasteiger partial charge in [-0.1, -0.05) is 6.92 Å². The van der Waals surface area contributed by atoms with Gasteiger partial charge in [0.25, 0.3) is 0 Å². The molecule has 4 nitrogen and oxygen atoms in total. The molecule has 1 saturated heterocycles. The number of rotatable bonds is 6. The van der Waals surface area contributed by atoms with Crippen LogP contribution < -0.4 is 11.1 Å². The second-order valence-electron chi connectivity index (χ2n) is 4.15. The lowest BCUT2D eigenvalue weighted by molar-refractivity contribution is -0.119. The molecule has 0 aliphatic carbocycles. The molecule has 1 amide bonds. The summed E-state index contributed by atoms with van der Waals surface area (Å²) in [6, 6.07) is 0.312. The average molecular weight is 246 g/mol. The van der Waals surface area contributed by atoms with E-state index < -0.39 is 0 Å². The molecule has 1 aliphatic rings. The molecule has 16 heavy (non-hydrogen) atoms. The van der Waals surface area contributed by atoms with E-state index in [4.69, 9.17) is 10.5 Å². The van der Waals surface area contributed by atoms with Crippen molar-refractivity contribution < 1.29 is 9.53 Å². The van der Waals surface area contributed by atoms with Gasteiger partial charge in [0, 0.05) is 24.5 Å². The fourth-order valence-corrected chi connectivity index (χ4v) is 2.47. The van der Waals surface area contributed by atoms with E-state index in [1.807, 2.05) is 0 Å². The van der Waals surface area contributed by atoms with E-state index in [1.54, 1.807) is 11.8 Å². The summed E-state index contributed by atoms with van der Waals surface area (Å²) in [5.41, 5.74) is 5.46. The highest BCUT2D eigenvalue weighted by Gasteiger charge is 2.16. The molecule has 0 aromatic heterocycles. The van der Waals surface area contributed by atoms with Gasteiger partial charge >= 0.3 is 0 Å². The molecule has 94 valence electrons. The van der Waals surface area contributed by atoms with Crippen molar-refractivity contribution in [3.05, 3.63) is 0 Å². The van der Waals surface area contributed by atoms with Crippen molar-refractivity contribution in [1.82, 2.24) is 5.32 Å². The van der Waals surface area contributed by atoms with Crippen LogP contribution in [0.25, 0.3) is 0 Å². The number of hydrogen-bond acceptors (Lipinski definition) is 4. The lowest BCUT2D eigenvalue weighted by Crippen LogP contribution is -2.40. The third kappa shape index (κ3) is 5.72. The molecule has 0 bridgehead atoms. The van der Waals surface area contributed by atoms with Gasteiger partial charge in [0.2, 0.25) is 5.91 Å². The highest BCUT2D eigenvalue weighted by atomic mass is 32.2. The van der Waals surface area contributed by atoms with Crippen LogP contribution >= 0.6 is 11.8 Å². The SMILES string of the molecule is CC(CCN)SCC(=O)NC1CCOCC1. The van der Waals surface area contributed by atoms with Gasteiger partial charge in [-0.2, -0.15) is 0 Å². The maximum absolute atomic E-state index is 11.6. The second-order valence-corrected chi connectivity index (χ2v) is 5.58. The minimum Gasteiger partial charge on any atom is -0.381 e. The Balaban J connectivity index is 2.10. The quantitative estimate of drug-likeness (QED) is 0.726. The van der Waals surface area contributed by atoms with Crippen LogP contribution in [0.1, 0.15) is 26.2 Å². The zero-order chi connectivity index (χ0) is 11.8. The predicted molar refractivity (Wildman–Crippen MR) is 67.6 cm³/mol. The molecule has 1 atom stereocenters. The van der Waals surface area contributed by atoms with Crippen molar-refractivity contribution in [1.29, 1.82) is 0 Å². The van der Waals surface area contributed by atoms with Crippen LogP contribution in [-0.2, 0) is 9.53 Å². The van der Waals surface area contributed by atoms with E-state index in [1.165, 1.54) is 0 Å². The lowest BCUT2D eigenvalue weighted by Gasteiger charge is -2.23. The number of thioether (sulfide) groups is 1. The first-order chi connectivity index (χ1) is 7.72. The number of carbonyl (C=O) groups is 1. The first-order valence-electron chi connectivity index (χ1n) is 5.91. The summed E-state index contributed by atoms with van der Waals surface area (Å²) in [6.45, 7) is 4.33. The molecule has 0 radical (unpaired) electrons. The third-order valence-electron chi connectivity index (χ3n) is 2.66. The third-order valence-corrected chi connectivity index (χ3v) is 3.89. The normalized spacial score (nSPS) is 19.4. The van der Waals surface area contributed by atoms with E-state index in [9.17, 15) is 4.79 Å². The molecule has 0 saturated carbocycles. The number of ether oxygens (including phenoxy) is 1. The van der Waals surface area contributed by atoms with Crippen LogP contribution in [0.4, 0.5) is 0 Å². The van der Waals surface area contributed by atoms with Gasteiger partial charge in [0.1, 0.15) is 0 Å². The van der Waals surface area contributed by atoms with Gasteiger partial charge < -0.3 is 15.8 Å². The number of carbonyl (C=O) groups excluding carboxylic acids is 1. The molecule has 1 rings (SSSR count). The lowest BCUT2D eigenvalue weighted by atomic mass is 10.1. The van der Waals surface area contributed by atoms with Gasteiger partial charge in [-0.25, -0.2) is 0 Å². The first kappa shape index (κ1) is 13.8. The van der Waals surface area contributed by atoms with Crippen LogP contribution in [-0.4, -0.2) is 42.7 Å². The molecule has 1 aliphatic heterocycles. The highest BCUT2D eigenvalue weighted by molar-refractivity contribution is 8.00. The Morgan fingerprint density at radius 1 is 1.56 bits per heavy atom. The fourth-order valence-electron chi connectivity index (χ4n) is 1.65. The molecule has 0 aromatic carbocycles. The number of hydrogen-bond donors (Lipinski definition) is 2. The van der Waals surface area contributed by atoms with E-state index in [0.29, 0.717) is 23.6 Å². The van der Waals surface area contributed by atoms with E-state index in [-0.39, 0.29) is 5.91 Å². The van der Waals surface area contributed by atoms with Crippen molar-refractivity contribution in [2.24, 2.45) is 5.73 Å². The smallest absolute Gasteiger partial charge is 0.230 e. The van der Waals surface area contributed by atoms with E-state index in [2.05, 4.69) is 12.2 Å². The van der Waals surface area contributed by atoms with Gasteiger partial charge in [0.15, 0.2) is 0 Å². The van der Waals surface area contributed by atoms with Crippen LogP contribution in [0.2, 0.25) is 0 Å². The molecule has 3 N–H and O–H groups in total. The van der Waals surface area contributed by atoms with Crippen LogP contribution in [0.5, 0.6) is 0 Å². The maximum Gasteiger partial charge on any atom is 0.230 e. The van der Waals surface area contributed by atoms with Crippen molar-refractivity contribution >= 4 is 17.7 Å². The molecular weight excluding hydrogens is 224 g/mol. The molecule has 0 spiro atoms. The Bertz CT molecular complexity index is 208. The van der Waals surface area contributed by atoms with Gasteiger partial charge in [-0.05, 0) is 25.8 Å². The minimum atomic E-state index is 0.140. The monoisotopic (exact) mass is 246 g/mol. The number of nitrogens with one attached hydrogen (secondary N) is 1. The Morgan fingerprint density at radius 3 is 2.88 bits per heavy atom. The topological polar surface area (TPSA) is 64.4 Å². The Morgan fingerprint density at radius 2 is 2.25 bits per heavy atom. The van der Waals surface area contributed by atoms with Gasteiger partial charge in [-0.15, -0.1) is 11.8 Å². The standard InChI is InChI=1S/C11H22N2O2S/c1-9(2-5-12)16-8-11(14)13-10-3-6-15-7-4-10/h9-10H,2-8,12H2,1H3,(H,13,14). The predicted octanol–water partition coefficient (Wildman–Crippen LogP) is 0.752. The number of amides is 1. The summed E-state index contributed by atoms with van der Waals surface area (Å²) < 4.78 is 5.24. The first-order valence-corrected chi connectivity index (χ1v) is 6.96. The Kier molecular flexibility index (Phi) is 6.84. The Hall–Kier alpha value is -0.260. The minimum absolute atomic E-state index is 0.140. The Labute approximate surface area is 102 Å². The summed E-state index contributed by atoms with van der Waals surface area (Å²) in [7, 11) is 0. The molecule has 0 aromatic rings. The van der Waals surface area contributed by atoms with E-state index >= 15 is 0 Å². The van der Waals surface area contributed by atoms with Crippen LogP contribution in [0, 0.1) is 0 Å². The molecule has 1 heterocycles. The van der Waals surface area contributed by atoms with E-state index in [0.717, 1.165) is 32.5 Å². The zero-order valence-corrected chi connectivity index (χ0v) is 10.7. The summed E-state index contributed by atoms with van der Waals surface area (Å²) >= 11 is 1.67. The zero-order valence-electron chi connectivity index (χ0n) is 9.91. The average Bonchev–Trinajstić information content (AvgIpc) is 2.28. The second kappa shape index (κ2) is 7.92. The van der Waals surface area contributed by atoms with Gasteiger partial charge in [-0.3, -0.25) is 4.79 Å². The van der Waals surface area contributed by atoms with Crippen LogP contribution in [0.15, 0.2) is 0 Å². The molecule has 1 fully saturated rings. The van der Waals surface area contributed by atoms with Crippen molar-refractivity contribution in [3.63, 3.8) is 0 Å². The molecule has 1 unspecified atom stereocenters. The van der Waals surface area contributed by atoms with Crippen molar-refractivity contribution in [2.75, 3.05) is 25.5 Å². The number of nitrogens with two attached hydrogens (primary N) is 1.